The zero-order valence-corrected chi connectivity index (χ0v) is 19.1. The first-order valence-electron chi connectivity index (χ1n) is 10.3. The van der Waals surface area contributed by atoms with Gasteiger partial charge in [0.05, 0.1) is 18.0 Å². The number of hydrogen-bond acceptors (Lipinski definition) is 4. The number of nitrogens with zero attached hydrogens (tertiary/aromatic N) is 1. The smallest absolute Gasteiger partial charge is 0.232 e. The molecule has 1 unspecified atom stereocenters. The highest BCUT2D eigenvalue weighted by atomic mass is 32.2. The molecule has 0 aromatic heterocycles. The molecule has 0 saturated carbocycles. The second kappa shape index (κ2) is 8.86. The number of amides is 1. The highest BCUT2D eigenvalue weighted by Crippen LogP contribution is 2.39. The predicted octanol–water partition coefficient (Wildman–Crippen LogP) is 4.10. The van der Waals surface area contributed by atoms with Crippen LogP contribution in [0.1, 0.15) is 50.3 Å². The van der Waals surface area contributed by atoms with Gasteiger partial charge in [-0.1, -0.05) is 17.7 Å². The molecule has 3 rings (SSSR count). The first-order chi connectivity index (χ1) is 14.4. The van der Waals surface area contributed by atoms with E-state index in [9.17, 15) is 17.6 Å². The van der Waals surface area contributed by atoms with E-state index in [0.717, 1.165) is 23.1 Å². The van der Waals surface area contributed by atoms with Crippen LogP contribution in [0.15, 0.2) is 42.5 Å². The summed E-state index contributed by atoms with van der Waals surface area (Å²) in [7, 11) is -3.55. The zero-order valence-electron chi connectivity index (χ0n) is 18.3. The van der Waals surface area contributed by atoms with E-state index in [0.29, 0.717) is 18.5 Å². The van der Waals surface area contributed by atoms with Gasteiger partial charge in [-0.15, -0.1) is 0 Å². The van der Waals surface area contributed by atoms with Crippen molar-refractivity contribution in [3.63, 3.8) is 0 Å². The fourth-order valence-corrected chi connectivity index (χ4v) is 4.81. The number of nitrogens with one attached hydrogen (secondary N) is 1. The van der Waals surface area contributed by atoms with Gasteiger partial charge in [-0.3, -0.25) is 9.10 Å². The summed E-state index contributed by atoms with van der Waals surface area (Å²) < 4.78 is 44.8. The number of hydrogen-bond donors (Lipinski definition) is 1. The summed E-state index contributed by atoms with van der Waals surface area (Å²) in [5.41, 5.74) is 2.01. The SMILES string of the molecule is Cc1ccc2c(c1)C(NC(=O)CCCN(c1ccc(F)cc1)S(C)(=O)=O)CC(C)(C)O2. The van der Waals surface area contributed by atoms with E-state index < -0.39 is 21.4 Å². The van der Waals surface area contributed by atoms with Gasteiger partial charge in [0.1, 0.15) is 17.2 Å². The van der Waals surface area contributed by atoms with Gasteiger partial charge in [0.25, 0.3) is 0 Å². The quantitative estimate of drug-likeness (QED) is 0.692. The maximum absolute atomic E-state index is 13.2. The van der Waals surface area contributed by atoms with Crippen molar-refractivity contribution >= 4 is 21.6 Å². The minimum atomic E-state index is -3.55. The molecule has 1 aliphatic heterocycles. The van der Waals surface area contributed by atoms with Crippen molar-refractivity contribution in [3.05, 3.63) is 59.4 Å². The zero-order chi connectivity index (χ0) is 22.8. The first kappa shape index (κ1) is 23.1. The topological polar surface area (TPSA) is 75.7 Å². The fraction of sp³-hybridized carbons (Fsp3) is 0.435. The Morgan fingerprint density at radius 1 is 1.23 bits per heavy atom. The van der Waals surface area contributed by atoms with E-state index in [2.05, 4.69) is 5.32 Å². The summed E-state index contributed by atoms with van der Waals surface area (Å²) in [6.07, 6.45) is 2.25. The number of fused-ring (bicyclic) bond motifs is 1. The number of benzene rings is 2. The number of carbonyl (C=O) groups is 1. The van der Waals surface area contributed by atoms with Gasteiger partial charge in [-0.05, 0) is 57.5 Å². The largest absolute Gasteiger partial charge is 0.487 e. The number of halogens is 1. The highest BCUT2D eigenvalue weighted by molar-refractivity contribution is 7.92. The summed E-state index contributed by atoms with van der Waals surface area (Å²) >= 11 is 0. The van der Waals surface area contributed by atoms with Crippen molar-refractivity contribution in [2.45, 2.75) is 51.7 Å². The molecule has 0 fully saturated rings. The number of aryl methyl sites for hydroxylation is 1. The Hall–Kier alpha value is -2.61. The average Bonchev–Trinajstić information content (AvgIpc) is 2.65. The van der Waals surface area contributed by atoms with Crippen LogP contribution >= 0.6 is 0 Å². The van der Waals surface area contributed by atoms with Gasteiger partial charge in [0.2, 0.25) is 15.9 Å². The van der Waals surface area contributed by atoms with E-state index in [-0.39, 0.29) is 24.9 Å². The Morgan fingerprint density at radius 3 is 2.55 bits per heavy atom. The van der Waals surface area contributed by atoms with Gasteiger partial charge in [0.15, 0.2) is 0 Å². The third-order valence-electron chi connectivity index (χ3n) is 5.24. The molecule has 31 heavy (non-hydrogen) atoms. The summed E-state index contributed by atoms with van der Waals surface area (Å²) in [5, 5.41) is 3.08. The Bertz CT molecular complexity index is 1050. The van der Waals surface area contributed by atoms with Gasteiger partial charge >= 0.3 is 0 Å². The molecule has 0 radical (unpaired) electrons. The third-order valence-corrected chi connectivity index (χ3v) is 6.43. The van der Waals surface area contributed by atoms with Crippen molar-refractivity contribution < 1.29 is 22.3 Å². The molecule has 1 amide bonds. The Morgan fingerprint density at radius 2 is 1.90 bits per heavy atom. The van der Waals surface area contributed by atoms with Crippen LogP contribution in [0.5, 0.6) is 5.75 Å². The molecule has 2 aromatic carbocycles. The Balaban J connectivity index is 1.64. The lowest BCUT2D eigenvalue weighted by atomic mass is 9.89. The average molecular weight is 449 g/mol. The number of carbonyl (C=O) groups excluding carboxylic acids is 1. The number of ether oxygens (including phenoxy) is 1. The summed E-state index contributed by atoms with van der Waals surface area (Å²) in [6, 6.07) is 11.0. The molecule has 1 aliphatic rings. The van der Waals surface area contributed by atoms with Crippen LogP contribution in [-0.2, 0) is 14.8 Å². The van der Waals surface area contributed by atoms with Crippen molar-refractivity contribution in [2.24, 2.45) is 0 Å². The summed E-state index contributed by atoms with van der Waals surface area (Å²) in [6.45, 7) is 6.10. The van der Waals surface area contributed by atoms with Crippen molar-refractivity contribution in [2.75, 3.05) is 17.1 Å². The summed E-state index contributed by atoms with van der Waals surface area (Å²) in [4.78, 5) is 12.7. The molecule has 8 heteroatoms. The van der Waals surface area contributed by atoms with Gasteiger partial charge in [0, 0.05) is 24.9 Å². The highest BCUT2D eigenvalue weighted by Gasteiger charge is 2.34. The van der Waals surface area contributed by atoms with Crippen LogP contribution in [-0.4, -0.2) is 32.7 Å². The fourth-order valence-electron chi connectivity index (χ4n) is 3.85. The minimum absolute atomic E-state index is 0.132. The predicted molar refractivity (Wildman–Crippen MR) is 119 cm³/mol. The lowest BCUT2D eigenvalue weighted by molar-refractivity contribution is -0.122. The van der Waals surface area contributed by atoms with Gasteiger partial charge in [-0.25, -0.2) is 12.8 Å². The van der Waals surface area contributed by atoms with Crippen LogP contribution in [0.4, 0.5) is 10.1 Å². The van der Waals surface area contributed by atoms with E-state index >= 15 is 0 Å². The normalized spacial score (nSPS) is 17.4. The molecule has 0 saturated heterocycles. The maximum Gasteiger partial charge on any atom is 0.232 e. The van der Waals surface area contributed by atoms with Crippen molar-refractivity contribution in [1.29, 1.82) is 0 Å². The second-order valence-corrected chi connectivity index (χ2v) is 10.5. The molecule has 1 N–H and O–H groups in total. The summed E-state index contributed by atoms with van der Waals surface area (Å²) in [5.74, 6) is 0.181. The third kappa shape index (κ3) is 5.97. The van der Waals surface area contributed by atoms with E-state index in [4.69, 9.17) is 4.74 Å². The van der Waals surface area contributed by atoms with E-state index in [1.165, 1.54) is 28.6 Å². The monoisotopic (exact) mass is 448 g/mol. The van der Waals surface area contributed by atoms with Gasteiger partial charge < -0.3 is 10.1 Å². The van der Waals surface area contributed by atoms with Crippen LogP contribution in [0.2, 0.25) is 0 Å². The maximum atomic E-state index is 13.2. The lowest BCUT2D eigenvalue weighted by Gasteiger charge is -2.38. The molecule has 0 bridgehead atoms. The lowest BCUT2D eigenvalue weighted by Crippen LogP contribution is -2.41. The molecule has 0 aliphatic carbocycles. The number of rotatable bonds is 7. The molecule has 0 spiro atoms. The Labute approximate surface area is 183 Å². The molecular weight excluding hydrogens is 419 g/mol. The molecule has 2 aromatic rings. The van der Waals surface area contributed by atoms with Crippen LogP contribution in [0.25, 0.3) is 0 Å². The molecule has 1 atom stereocenters. The second-order valence-electron chi connectivity index (χ2n) is 8.64. The van der Waals surface area contributed by atoms with Crippen LogP contribution in [0.3, 0.4) is 0 Å². The minimum Gasteiger partial charge on any atom is -0.487 e. The van der Waals surface area contributed by atoms with E-state index in [1.807, 2.05) is 39.0 Å². The Kier molecular flexibility index (Phi) is 6.59. The van der Waals surface area contributed by atoms with Crippen molar-refractivity contribution in [1.82, 2.24) is 5.32 Å². The van der Waals surface area contributed by atoms with Crippen LogP contribution in [0, 0.1) is 12.7 Å². The number of sulfonamides is 1. The standard InChI is InChI=1S/C23H29FN2O4S/c1-16-7-12-21-19(14-16)20(15-23(2,3)30-21)25-22(27)6-5-13-26(31(4,28)29)18-10-8-17(24)9-11-18/h7-12,14,20H,5-6,13,15H2,1-4H3,(H,25,27). The van der Waals surface area contributed by atoms with E-state index in [1.54, 1.807) is 0 Å². The molecular formula is C23H29FN2O4S. The molecule has 168 valence electrons. The molecule has 6 nitrogen and oxygen atoms in total. The van der Waals surface area contributed by atoms with Gasteiger partial charge in [-0.2, -0.15) is 0 Å². The van der Waals surface area contributed by atoms with Crippen molar-refractivity contribution in [3.8, 4) is 5.75 Å². The first-order valence-corrected chi connectivity index (χ1v) is 12.1. The number of anilines is 1. The molecule has 1 heterocycles. The van der Waals surface area contributed by atoms with Crippen LogP contribution < -0.4 is 14.4 Å².